The largest absolute Gasteiger partial charge is 0.462 e. The van der Waals surface area contributed by atoms with E-state index in [4.69, 9.17) is 9.84 Å². The first-order valence-electron chi connectivity index (χ1n) is 5.13. The van der Waals surface area contributed by atoms with Gasteiger partial charge in [0.05, 0.1) is 0 Å². The van der Waals surface area contributed by atoms with E-state index >= 15 is 0 Å². The first kappa shape index (κ1) is 10.5. The summed E-state index contributed by atoms with van der Waals surface area (Å²) in [6, 6.07) is 0. The van der Waals surface area contributed by atoms with Crippen LogP contribution in [0.4, 0.5) is 0 Å². The molecule has 1 fully saturated rings. The molecule has 1 rings (SSSR count). The van der Waals surface area contributed by atoms with Crippen LogP contribution >= 0.6 is 0 Å². The fraction of sp³-hybridized carbons (Fsp3) is 0.900. The summed E-state index contributed by atoms with van der Waals surface area (Å²) in [6.07, 6.45) is 6.51. The Labute approximate surface area is 79.1 Å². The van der Waals surface area contributed by atoms with Crippen molar-refractivity contribution < 1.29 is 14.6 Å². The topological polar surface area (TPSA) is 46.5 Å². The number of aliphatic hydroxyl groups excluding tert-OH is 1. The highest BCUT2D eigenvalue weighted by Crippen LogP contribution is 2.21. The molecule has 0 saturated heterocycles. The van der Waals surface area contributed by atoms with Crippen molar-refractivity contribution in [2.75, 3.05) is 6.61 Å². The maximum Gasteiger partial charge on any atom is 0.306 e. The van der Waals surface area contributed by atoms with Gasteiger partial charge in [0, 0.05) is 13.0 Å². The number of carbonyl (C=O) groups excluding carboxylic acids is 1. The zero-order valence-corrected chi connectivity index (χ0v) is 8.00. The fourth-order valence-electron chi connectivity index (χ4n) is 1.63. The molecule has 76 valence electrons. The second-order valence-electron chi connectivity index (χ2n) is 3.58. The van der Waals surface area contributed by atoms with Crippen LogP contribution in [0, 0.1) is 0 Å². The number of hydrogen-bond acceptors (Lipinski definition) is 3. The molecule has 0 aromatic heterocycles. The van der Waals surface area contributed by atoms with Crippen molar-refractivity contribution in [3.05, 3.63) is 0 Å². The summed E-state index contributed by atoms with van der Waals surface area (Å²) in [5, 5.41) is 8.51. The van der Waals surface area contributed by atoms with Crippen LogP contribution < -0.4 is 0 Å². The lowest BCUT2D eigenvalue weighted by Gasteiger charge is -2.10. The molecule has 0 amide bonds. The first-order chi connectivity index (χ1) is 6.33. The standard InChI is InChI=1S/C10H18O3/c11-8-4-3-7-10(12)13-9-5-1-2-6-9/h9,11H,1-8H2. The third-order valence-corrected chi connectivity index (χ3v) is 2.39. The van der Waals surface area contributed by atoms with Crippen LogP contribution in [0.3, 0.4) is 0 Å². The van der Waals surface area contributed by atoms with Crippen LogP contribution in [0.15, 0.2) is 0 Å². The Balaban J connectivity index is 2.02. The Bertz CT molecular complexity index is 150. The molecule has 1 saturated carbocycles. The normalized spacial score (nSPS) is 17.6. The molecule has 0 heterocycles. The number of hydrogen-bond donors (Lipinski definition) is 1. The number of ether oxygens (including phenoxy) is 1. The summed E-state index contributed by atoms with van der Waals surface area (Å²) in [5.74, 6) is -0.0969. The molecule has 1 aliphatic carbocycles. The zero-order chi connectivity index (χ0) is 9.52. The fourth-order valence-corrected chi connectivity index (χ4v) is 1.63. The van der Waals surface area contributed by atoms with Gasteiger partial charge in [-0.3, -0.25) is 4.79 Å². The summed E-state index contributed by atoms with van der Waals surface area (Å²) in [4.78, 5) is 11.2. The van der Waals surface area contributed by atoms with Crippen LogP contribution in [-0.2, 0) is 9.53 Å². The predicted octanol–water partition coefficient (Wildman–Crippen LogP) is 1.63. The van der Waals surface area contributed by atoms with E-state index in [1.165, 1.54) is 12.8 Å². The van der Waals surface area contributed by atoms with Gasteiger partial charge in [-0.2, -0.15) is 0 Å². The SMILES string of the molecule is O=C(CCCCO)OC1CCCC1. The minimum atomic E-state index is -0.0969. The molecule has 3 nitrogen and oxygen atoms in total. The molecule has 0 spiro atoms. The Kier molecular flexibility index (Phi) is 4.83. The van der Waals surface area contributed by atoms with Gasteiger partial charge in [-0.05, 0) is 38.5 Å². The lowest BCUT2D eigenvalue weighted by molar-refractivity contribution is -0.148. The third kappa shape index (κ3) is 4.27. The number of unbranched alkanes of at least 4 members (excludes halogenated alkanes) is 1. The van der Waals surface area contributed by atoms with E-state index in [0.717, 1.165) is 19.3 Å². The number of esters is 1. The number of carbonyl (C=O) groups is 1. The van der Waals surface area contributed by atoms with Crippen LogP contribution in [0.2, 0.25) is 0 Å². The van der Waals surface area contributed by atoms with Crippen molar-refractivity contribution >= 4 is 5.97 Å². The van der Waals surface area contributed by atoms with Gasteiger partial charge >= 0.3 is 5.97 Å². The van der Waals surface area contributed by atoms with E-state index in [0.29, 0.717) is 12.8 Å². The van der Waals surface area contributed by atoms with E-state index in [-0.39, 0.29) is 18.7 Å². The predicted molar refractivity (Wildman–Crippen MR) is 49.3 cm³/mol. The molecule has 0 unspecified atom stereocenters. The maximum absolute atomic E-state index is 11.2. The molecule has 0 radical (unpaired) electrons. The van der Waals surface area contributed by atoms with Gasteiger partial charge in [0.15, 0.2) is 0 Å². The average Bonchev–Trinajstić information content (AvgIpc) is 2.57. The summed E-state index contributed by atoms with van der Waals surface area (Å²) in [7, 11) is 0. The molecule has 0 aromatic carbocycles. The van der Waals surface area contributed by atoms with Crippen LogP contribution in [0.5, 0.6) is 0 Å². The Morgan fingerprint density at radius 1 is 1.31 bits per heavy atom. The van der Waals surface area contributed by atoms with Crippen molar-refractivity contribution in [2.45, 2.75) is 51.0 Å². The van der Waals surface area contributed by atoms with Crippen molar-refractivity contribution in [3.8, 4) is 0 Å². The molecule has 0 atom stereocenters. The Hall–Kier alpha value is -0.570. The smallest absolute Gasteiger partial charge is 0.306 e. The minimum absolute atomic E-state index is 0.0969. The van der Waals surface area contributed by atoms with Gasteiger partial charge in [-0.25, -0.2) is 0 Å². The Morgan fingerprint density at radius 3 is 2.62 bits per heavy atom. The highest BCUT2D eigenvalue weighted by molar-refractivity contribution is 5.69. The number of rotatable bonds is 5. The molecular formula is C10H18O3. The highest BCUT2D eigenvalue weighted by Gasteiger charge is 2.18. The first-order valence-corrected chi connectivity index (χ1v) is 5.13. The van der Waals surface area contributed by atoms with E-state index < -0.39 is 0 Å². The van der Waals surface area contributed by atoms with E-state index in [9.17, 15) is 4.79 Å². The van der Waals surface area contributed by atoms with E-state index in [2.05, 4.69) is 0 Å². The number of aliphatic hydroxyl groups is 1. The third-order valence-electron chi connectivity index (χ3n) is 2.39. The molecule has 3 heteroatoms. The lowest BCUT2D eigenvalue weighted by Crippen LogP contribution is -2.14. The molecule has 1 N–H and O–H groups in total. The second-order valence-corrected chi connectivity index (χ2v) is 3.58. The average molecular weight is 186 g/mol. The van der Waals surface area contributed by atoms with Gasteiger partial charge in [0.25, 0.3) is 0 Å². The molecule has 0 aromatic rings. The maximum atomic E-state index is 11.2. The summed E-state index contributed by atoms with van der Waals surface area (Å²) in [5.41, 5.74) is 0. The molecule has 13 heavy (non-hydrogen) atoms. The van der Waals surface area contributed by atoms with Gasteiger partial charge in [-0.15, -0.1) is 0 Å². The lowest BCUT2D eigenvalue weighted by atomic mass is 10.2. The molecule has 0 aliphatic heterocycles. The van der Waals surface area contributed by atoms with Crippen molar-refractivity contribution in [3.63, 3.8) is 0 Å². The highest BCUT2D eigenvalue weighted by atomic mass is 16.5. The van der Waals surface area contributed by atoms with Crippen LogP contribution in [-0.4, -0.2) is 23.8 Å². The molecule has 0 bridgehead atoms. The van der Waals surface area contributed by atoms with Crippen LogP contribution in [0.25, 0.3) is 0 Å². The molecular weight excluding hydrogens is 168 g/mol. The Morgan fingerprint density at radius 2 is 2.00 bits per heavy atom. The van der Waals surface area contributed by atoms with Crippen molar-refractivity contribution in [1.82, 2.24) is 0 Å². The van der Waals surface area contributed by atoms with Gasteiger partial charge in [0.1, 0.15) is 6.10 Å². The van der Waals surface area contributed by atoms with Gasteiger partial charge in [0.2, 0.25) is 0 Å². The second kappa shape index (κ2) is 5.97. The monoisotopic (exact) mass is 186 g/mol. The van der Waals surface area contributed by atoms with E-state index in [1.54, 1.807) is 0 Å². The minimum Gasteiger partial charge on any atom is -0.462 e. The van der Waals surface area contributed by atoms with E-state index in [1.807, 2.05) is 0 Å². The zero-order valence-electron chi connectivity index (χ0n) is 8.00. The summed E-state index contributed by atoms with van der Waals surface area (Å²) in [6.45, 7) is 0.163. The van der Waals surface area contributed by atoms with Crippen LogP contribution in [0.1, 0.15) is 44.9 Å². The van der Waals surface area contributed by atoms with Gasteiger partial charge in [-0.1, -0.05) is 0 Å². The molecule has 1 aliphatic rings. The summed E-state index contributed by atoms with van der Waals surface area (Å²) >= 11 is 0. The quantitative estimate of drug-likeness (QED) is 0.524. The van der Waals surface area contributed by atoms with Crippen molar-refractivity contribution in [2.24, 2.45) is 0 Å². The van der Waals surface area contributed by atoms with Crippen molar-refractivity contribution in [1.29, 1.82) is 0 Å². The summed E-state index contributed by atoms with van der Waals surface area (Å²) < 4.78 is 5.24. The van der Waals surface area contributed by atoms with Gasteiger partial charge < -0.3 is 9.84 Å².